The minimum atomic E-state index is -0.469. The molecule has 3 aromatic rings. The molecule has 0 aliphatic rings. The van der Waals surface area contributed by atoms with Gasteiger partial charge in [-0.05, 0) is 50.1 Å². The standard InChI is InChI=1S/C22H24N2O4/c1-13-5-6-14(2)18(9-13)23-20(26)12-24(4)11-16-10-21(27)28-22-15(3)19(25)8-7-17(16)22/h5-10,25H,11-12H2,1-4H3,(H,23,26)/p+1. The zero-order chi connectivity index (χ0) is 20.4. The van der Waals surface area contributed by atoms with Crippen LogP contribution in [0.1, 0.15) is 22.3 Å². The lowest BCUT2D eigenvalue weighted by Crippen LogP contribution is -3.08. The molecule has 0 fully saturated rings. The number of hydrogen-bond donors (Lipinski definition) is 3. The number of aromatic hydroxyl groups is 1. The van der Waals surface area contributed by atoms with Crippen LogP contribution >= 0.6 is 0 Å². The molecule has 0 aliphatic heterocycles. The van der Waals surface area contributed by atoms with E-state index < -0.39 is 5.63 Å². The molecular formula is C22H25N2O4+. The number of amides is 1. The maximum atomic E-state index is 12.5. The quantitative estimate of drug-likeness (QED) is 0.591. The molecule has 3 rings (SSSR count). The molecule has 1 amide bonds. The van der Waals surface area contributed by atoms with E-state index in [1.165, 1.54) is 6.07 Å². The minimum absolute atomic E-state index is 0.0846. The van der Waals surface area contributed by atoms with Gasteiger partial charge in [0, 0.05) is 28.3 Å². The van der Waals surface area contributed by atoms with Crippen molar-refractivity contribution < 1.29 is 19.2 Å². The van der Waals surface area contributed by atoms with Crippen molar-refractivity contribution in [3.63, 3.8) is 0 Å². The SMILES string of the molecule is Cc1ccc(C)c(NC(=O)C[NH+](C)Cc2cc(=O)oc3c(C)c(O)ccc23)c1. The Labute approximate surface area is 163 Å². The summed E-state index contributed by atoms with van der Waals surface area (Å²) in [6.45, 7) is 6.38. The van der Waals surface area contributed by atoms with Crippen molar-refractivity contribution >= 4 is 22.6 Å². The van der Waals surface area contributed by atoms with Gasteiger partial charge >= 0.3 is 5.63 Å². The first-order valence-electron chi connectivity index (χ1n) is 9.18. The van der Waals surface area contributed by atoms with Crippen molar-refractivity contribution in [3.05, 3.63) is 69.1 Å². The lowest BCUT2D eigenvalue weighted by atomic mass is 10.1. The third-order valence-electron chi connectivity index (χ3n) is 4.84. The second-order valence-electron chi connectivity index (χ2n) is 7.35. The first-order chi connectivity index (χ1) is 13.2. The number of rotatable bonds is 5. The number of nitrogens with one attached hydrogen (secondary N) is 2. The zero-order valence-electron chi connectivity index (χ0n) is 16.6. The molecule has 0 radical (unpaired) electrons. The van der Waals surface area contributed by atoms with E-state index in [9.17, 15) is 14.7 Å². The fourth-order valence-electron chi connectivity index (χ4n) is 3.29. The Kier molecular flexibility index (Phi) is 5.51. The summed E-state index contributed by atoms with van der Waals surface area (Å²) in [4.78, 5) is 25.3. The third kappa shape index (κ3) is 4.23. The lowest BCUT2D eigenvalue weighted by molar-refractivity contribution is -0.885. The molecule has 2 aromatic carbocycles. The summed E-state index contributed by atoms with van der Waals surface area (Å²) >= 11 is 0. The molecule has 1 atom stereocenters. The van der Waals surface area contributed by atoms with Gasteiger partial charge in [-0.2, -0.15) is 0 Å². The third-order valence-corrected chi connectivity index (χ3v) is 4.84. The zero-order valence-corrected chi connectivity index (χ0v) is 16.6. The molecular weight excluding hydrogens is 356 g/mol. The van der Waals surface area contributed by atoms with Crippen LogP contribution in [0.15, 0.2) is 45.6 Å². The van der Waals surface area contributed by atoms with Crippen LogP contribution < -0.4 is 15.8 Å². The number of carbonyl (C=O) groups excluding carboxylic acids is 1. The molecule has 0 saturated carbocycles. The highest BCUT2D eigenvalue weighted by Crippen LogP contribution is 2.27. The summed E-state index contributed by atoms with van der Waals surface area (Å²) in [5.41, 5.74) is 4.14. The fraction of sp³-hybridized carbons (Fsp3) is 0.273. The smallest absolute Gasteiger partial charge is 0.336 e. The molecule has 146 valence electrons. The number of benzene rings is 2. The van der Waals surface area contributed by atoms with Crippen LogP contribution in [0, 0.1) is 20.8 Å². The van der Waals surface area contributed by atoms with E-state index in [2.05, 4.69) is 5.32 Å². The van der Waals surface area contributed by atoms with Gasteiger partial charge in [-0.25, -0.2) is 4.79 Å². The van der Waals surface area contributed by atoms with E-state index in [4.69, 9.17) is 4.42 Å². The molecule has 3 N–H and O–H groups in total. The number of phenols is 1. The summed E-state index contributed by atoms with van der Waals surface area (Å²) in [5, 5.41) is 13.6. The van der Waals surface area contributed by atoms with Gasteiger partial charge < -0.3 is 19.7 Å². The number of aryl methyl sites for hydroxylation is 3. The van der Waals surface area contributed by atoms with Crippen LogP contribution in [0.4, 0.5) is 5.69 Å². The molecule has 0 aliphatic carbocycles. The molecule has 0 saturated heterocycles. The van der Waals surface area contributed by atoms with Crippen molar-refractivity contribution in [1.29, 1.82) is 0 Å². The molecule has 6 heteroatoms. The monoisotopic (exact) mass is 381 g/mol. The average Bonchev–Trinajstić information content (AvgIpc) is 2.61. The topological polar surface area (TPSA) is 84.0 Å². The van der Waals surface area contributed by atoms with Crippen LogP contribution in [0.25, 0.3) is 11.0 Å². The van der Waals surface area contributed by atoms with Crippen LogP contribution in [0.2, 0.25) is 0 Å². The Morgan fingerprint density at radius 2 is 1.89 bits per heavy atom. The summed E-state index contributed by atoms with van der Waals surface area (Å²) in [5.74, 6) is -0.00583. The number of likely N-dealkylation sites (N-methyl/N-ethyl adjacent to an activating group) is 1. The highest BCUT2D eigenvalue weighted by Gasteiger charge is 2.16. The average molecular weight is 381 g/mol. The first-order valence-corrected chi connectivity index (χ1v) is 9.18. The van der Waals surface area contributed by atoms with Crippen LogP contribution in [-0.2, 0) is 11.3 Å². The first kappa shape index (κ1) is 19.6. The number of carbonyl (C=O) groups is 1. The number of hydrogen-bond acceptors (Lipinski definition) is 4. The molecule has 6 nitrogen and oxygen atoms in total. The van der Waals surface area contributed by atoms with Crippen molar-refractivity contribution in [2.24, 2.45) is 0 Å². The highest BCUT2D eigenvalue weighted by molar-refractivity contribution is 5.92. The number of quaternary nitrogens is 1. The van der Waals surface area contributed by atoms with Gasteiger partial charge in [-0.3, -0.25) is 4.79 Å². The molecule has 1 aromatic heterocycles. The largest absolute Gasteiger partial charge is 0.508 e. The molecule has 0 bridgehead atoms. The van der Waals surface area contributed by atoms with E-state index >= 15 is 0 Å². The van der Waals surface area contributed by atoms with Gasteiger partial charge in [0.15, 0.2) is 6.54 Å². The predicted octanol–water partition coefficient (Wildman–Crippen LogP) is 2.08. The molecule has 1 heterocycles. The summed E-state index contributed by atoms with van der Waals surface area (Å²) in [7, 11) is 1.90. The second-order valence-corrected chi connectivity index (χ2v) is 7.35. The summed E-state index contributed by atoms with van der Waals surface area (Å²) in [6.07, 6.45) is 0. The minimum Gasteiger partial charge on any atom is -0.508 e. The molecule has 1 unspecified atom stereocenters. The Morgan fingerprint density at radius 3 is 2.64 bits per heavy atom. The van der Waals surface area contributed by atoms with Crippen LogP contribution in [0.3, 0.4) is 0 Å². The van der Waals surface area contributed by atoms with E-state index in [1.54, 1.807) is 19.1 Å². The van der Waals surface area contributed by atoms with Crippen LogP contribution in [0.5, 0.6) is 5.75 Å². The molecule has 0 spiro atoms. The number of phenolic OH excluding ortho intramolecular Hbond substituents is 1. The Morgan fingerprint density at radius 1 is 1.14 bits per heavy atom. The Balaban J connectivity index is 1.77. The van der Waals surface area contributed by atoms with Crippen LogP contribution in [-0.4, -0.2) is 24.6 Å². The van der Waals surface area contributed by atoms with Gasteiger partial charge in [0.25, 0.3) is 5.91 Å². The normalized spacial score (nSPS) is 12.1. The van der Waals surface area contributed by atoms with E-state index in [-0.39, 0.29) is 18.2 Å². The van der Waals surface area contributed by atoms with Crippen molar-refractivity contribution in [2.75, 3.05) is 18.9 Å². The number of anilines is 1. The van der Waals surface area contributed by atoms with Gasteiger partial charge in [0.2, 0.25) is 0 Å². The van der Waals surface area contributed by atoms with Crippen molar-refractivity contribution in [2.45, 2.75) is 27.3 Å². The second kappa shape index (κ2) is 7.86. The van der Waals surface area contributed by atoms with E-state index in [1.807, 2.05) is 39.1 Å². The van der Waals surface area contributed by atoms with E-state index in [0.717, 1.165) is 32.7 Å². The lowest BCUT2D eigenvalue weighted by Gasteiger charge is -2.16. The Hall–Kier alpha value is -3.12. The van der Waals surface area contributed by atoms with Crippen molar-refractivity contribution in [1.82, 2.24) is 0 Å². The summed E-state index contributed by atoms with van der Waals surface area (Å²) in [6, 6.07) is 10.7. The maximum Gasteiger partial charge on any atom is 0.336 e. The van der Waals surface area contributed by atoms with Gasteiger partial charge in [0.05, 0.1) is 7.05 Å². The maximum absolute atomic E-state index is 12.5. The highest BCUT2D eigenvalue weighted by atomic mass is 16.4. The van der Waals surface area contributed by atoms with Gasteiger partial charge in [-0.1, -0.05) is 12.1 Å². The van der Waals surface area contributed by atoms with Gasteiger partial charge in [0.1, 0.15) is 17.9 Å². The fourth-order valence-corrected chi connectivity index (χ4v) is 3.29. The summed E-state index contributed by atoms with van der Waals surface area (Å²) < 4.78 is 5.28. The van der Waals surface area contributed by atoms with Gasteiger partial charge in [-0.15, -0.1) is 0 Å². The van der Waals surface area contributed by atoms with Crippen molar-refractivity contribution in [3.8, 4) is 5.75 Å². The molecule has 28 heavy (non-hydrogen) atoms. The Bertz CT molecular complexity index is 1100. The number of fused-ring (bicyclic) bond motifs is 1. The predicted molar refractivity (Wildman–Crippen MR) is 109 cm³/mol. The van der Waals surface area contributed by atoms with E-state index in [0.29, 0.717) is 17.7 Å².